The van der Waals surface area contributed by atoms with Crippen LogP contribution in [0.5, 0.6) is 0 Å². The number of H-pyrrole nitrogens is 1. The summed E-state index contributed by atoms with van der Waals surface area (Å²) in [5.74, 6) is 0.809. The number of hydrogen-bond donors (Lipinski definition) is 3. The highest BCUT2D eigenvalue weighted by Crippen LogP contribution is 2.22. The number of hydrogen-bond acceptors (Lipinski definition) is 1. The minimum absolute atomic E-state index is 0. The van der Waals surface area contributed by atoms with Crippen LogP contribution in [-0.4, -0.2) is 31.1 Å². The maximum Gasteiger partial charge on any atom is 0.191 e. The molecule has 0 radical (unpaired) electrons. The van der Waals surface area contributed by atoms with Gasteiger partial charge < -0.3 is 15.6 Å². The Morgan fingerprint density at radius 2 is 2.14 bits per heavy atom. The highest BCUT2D eigenvalue weighted by atomic mass is 127. The Morgan fingerprint density at radius 3 is 2.82 bits per heavy atom. The van der Waals surface area contributed by atoms with Gasteiger partial charge in [-0.15, -0.1) is 30.6 Å². The molecule has 0 saturated heterocycles. The third-order valence-electron chi connectivity index (χ3n) is 3.59. The molecule has 0 unspecified atom stereocenters. The first-order valence-electron chi connectivity index (χ1n) is 7.43. The lowest BCUT2D eigenvalue weighted by molar-refractivity contribution is 0.824. The molecule has 0 atom stereocenters. The van der Waals surface area contributed by atoms with Crippen LogP contribution >= 0.6 is 24.0 Å². The molecule has 3 N–H and O–H groups in total. The molecule has 0 aliphatic carbocycles. The first-order chi connectivity index (χ1) is 10.3. The van der Waals surface area contributed by atoms with Gasteiger partial charge in [0.2, 0.25) is 0 Å². The molecule has 0 fully saturated rings. The van der Waals surface area contributed by atoms with Crippen molar-refractivity contribution < 1.29 is 0 Å². The summed E-state index contributed by atoms with van der Waals surface area (Å²) < 4.78 is 0. The Kier molecular flexibility index (Phi) is 8.01. The van der Waals surface area contributed by atoms with Gasteiger partial charge in [0.1, 0.15) is 0 Å². The van der Waals surface area contributed by atoms with Crippen LogP contribution in [0.15, 0.2) is 42.0 Å². The van der Waals surface area contributed by atoms with Gasteiger partial charge in [0.15, 0.2) is 5.96 Å². The summed E-state index contributed by atoms with van der Waals surface area (Å²) in [6.45, 7) is 7.44. The van der Waals surface area contributed by atoms with E-state index < -0.39 is 0 Å². The number of halogens is 1. The fourth-order valence-corrected chi connectivity index (χ4v) is 2.48. The molecule has 0 amide bonds. The summed E-state index contributed by atoms with van der Waals surface area (Å²) in [5, 5.41) is 7.80. The molecule has 0 spiro atoms. The summed E-state index contributed by atoms with van der Waals surface area (Å²) in [6, 6.07) is 6.50. The zero-order chi connectivity index (χ0) is 15.1. The predicted molar refractivity (Wildman–Crippen MR) is 106 cm³/mol. The van der Waals surface area contributed by atoms with Crippen molar-refractivity contribution in [1.82, 2.24) is 15.6 Å². The third-order valence-corrected chi connectivity index (χ3v) is 3.59. The van der Waals surface area contributed by atoms with Crippen molar-refractivity contribution in [2.75, 3.05) is 20.1 Å². The van der Waals surface area contributed by atoms with Crippen LogP contribution in [0.3, 0.4) is 0 Å². The minimum Gasteiger partial charge on any atom is -0.361 e. The monoisotopic (exact) mass is 412 g/mol. The van der Waals surface area contributed by atoms with Crippen LogP contribution < -0.4 is 10.6 Å². The fourth-order valence-electron chi connectivity index (χ4n) is 2.48. The van der Waals surface area contributed by atoms with Gasteiger partial charge in [-0.2, -0.15) is 0 Å². The maximum absolute atomic E-state index is 4.17. The Bertz CT molecular complexity index is 631. The molecule has 0 aliphatic rings. The molecule has 1 aromatic heterocycles. The number of aromatic nitrogens is 1. The minimum atomic E-state index is 0. The third kappa shape index (κ3) is 4.50. The van der Waals surface area contributed by atoms with Gasteiger partial charge in [-0.05, 0) is 24.0 Å². The summed E-state index contributed by atoms with van der Waals surface area (Å²) >= 11 is 0. The largest absolute Gasteiger partial charge is 0.361 e. The number of rotatable bonds is 6. The topological polar surface area (TPSA) is 52.2 Å². The van der Waals surface area contributed by atoms with Gasteiger partial charge in [0.25, 0.3) is 0 Å². The highest BCUT2D eigenvalue weighted by molar-refractivity contribution is 14.0. The fraction of sp³-hybridized carbons (Fsp3) is 0.353. The zero-order valence-corrected chi connectivity index (χ0v) is 15.6. The van der Waals surface area contributed by atoms with Crippen molar-refractivity contribution in [3.05, 3.63) is 48.2 Å². The van der Waals surface area contributed by atoms with Gasteiger partial charge in [-0.3, -0.25) is 4.99 Å². The van der Waals surface area contributed by atoms with Crippen LogP contribution in [-0.2, 0) is 12.8 Å². The average molecular weight is 412 g/mol. The van der Waals surface area contributed by atoms with Crippen LogP contribution in [0.2, 0.25) is 0 Å². The number of aromatic amines is 1. The molecule has 2 rings (SSSR count). The van der Waals surface area contributed by atoms with E-state index >= 15 is 0 Å². The zero-order valence-electron chi connectivity index (χ0n) is 13.3. The number of benzene rings is 1. The predicted octanol–water partition coefficient (Wildman–Crippen LogP) is 3.24. The van der Waals surface area contributed by atoms with Crippen molar-refractivity contribution in [1.29, 1.82) is 0 Å². The quantitative estimate of drug-likeness (QED) is 0.295. The van der Waals surface area contributed by atoms with Gasteiger partial charge in [-0.1, -0.05) is 31.2 Å². The summed E-state index contributed by atoms with van der Waals surface area (Å²) in [6.07, 6.45) is 5.94. The Hall–Kier alpha value is -1.50. The normalized spacial score (nSPS) is 11.1. The Morgan fingerprint density at radius 1 is 1.32 bits per heavy atom. The molecule has 5 heteroatoms. The van der Waals surface area contributed by atoms with E-state index in [1.54, 1.807) is 7.05 Å². The van der Waals surface area contributed by atoms with E-state index in [2.05, 4.69) is 58.5 Å². The number of guanidine groups is 1. The number of aryl methyl sites for hydroxylation is 1. The van der Waals surface area contributed by atoms with E-state index in [1.807, 2.05) is 6.08 Å². The van der Waals surface area contributed by atoms with Crippen molar-refractivity contribution in [2.24, 2.45) is 4.99 Å². The van der Waals surface area contributed by atoms with Gasteiger partial charge in [0.05, 0.1) is 0 Å². The van der Waals surface area contributed by atoms with Crippen LogP contribution in [0.25, 0.3) is 10.9 Å². The van der Waals surface area contributed by atoms with Crippen molar-refractivity contribution in [2.45, 2.75) is 19.8 Å². The molecule has 2 aromatic rings. The molecule has 0 saturated carbocycles. The lowest BCUT2D eigenvalue weighted by atomic mass is 10.1. The number of nitrogens with one attached hydrogen (secondary N) is 3. The van der Waals surface area contributed by atoms with Crippen molar-refractivity contribution >= 4 is 40.8 Å². The van der Waals surface area contributed by atoms with Crippen LogP contribution in [0.4, 0.5) is 0 Å². The van der Waals surface area contributed by atoms with E-state index in [9.17, 15) is 0 Å². The smallest absolute Gasteiger partial charge is 0.191 e. The molecule has 0 bridgehead atoms. The molecular formula is C17H25IN4. The Labute approximate surface area is 149 Å². The van der Waals surface area contributed by atoms with Crippen LogP contribution in [0.1, 0.15) is 18.1 Å². The summed E-state index contributed by atoms with van der Waals surface area (Å²) in [7, 11) is 1.78. The first-order valence-corrected chi connectivity index (χ1v) is 7.43. The molecular weight excluding hydrogens is 387 g/mol. The molecule has 4 nitrogen and oxygen atoms in total. The second-order valence-electron chi connectivity index (χ2n) is 4.93. The van der Waals surface area contributed by atoms with E-state index in [-0.39, 0.29) is 24.0 Å². The molecule has 1 aromatic carbocycles. The van der Waals surface area contributed by atoms with Crippen molar-refractivity contribution in [3.8, 4) is 0 Å². The number of aliphatic imine (C=N–C) groups is 1. The lowest BCUT2D eigenvalue weighted by Crippen LogP contribution is -2.38. The van der Waals surface area contributed by atoms with E-state index in [1.165, 1.54) is 22.0 Å². The second-order valence-corrected chi connectivity index (χ2v) is 4.93. The highest BCUT2D eigenvalue weighted by Gasteiger charge is 2.06. The standard InChI is InChI=1S/C17H24N4.HI/c1-4-10-19-17(18-3)20-11-9-14-12-21-16-13(5-2)7-6-8-15(14)16;/h4,6-8,12,21H,1,5,9-11H2,2-3H3,(H2,18,19,20);1H. The molecule has 1 heterocycles. The molecule has 0 aliphatic heterocycles. The van der Waals surface area contributed by atoms with Crippen molar-refractivity contribution in [3.63, 3.8) is 0 Å². The molecule has 22 heavy (non-hydrogen) atoms. The van der Waals surface area contributed by atoms with E-state index in [0.29, 0.717) is 6.54 Å². The Balaban J connectivity index is 0.00000242. The number of para-hydroxylation sites is 1. The number of fused-ring (bicyclic) bond motifs is 1. The number of nitrogens with zero attached hydrogens (tertiary/aromatic N) is 1. The maximum atomic E-state index is 4.17. The van der Waals surface area contributed by atoms with Gasteiger partial charge in [0, 0.05) is 37.2 Å². The summed E-state index contributed by atoms with van der Waals surface area (Å²) in [5.41, 5.74) is 3.98. The van der Waals surface area contributed by atoms with E-state index in [0.717, 1.165) is 25.3 Å². The lowest BCUT2D eigenvalue weighted by Gasteiger charge is -2.10. The summed E-state index contributed by atoms with van der Waals surface area (Å²) in [4.78, 5) is 7.58. The first kappa shape index (κ1) is 18.5. The van der Waals surface area contributed by atoms with Gasteiger partial charge >= 0.3 is 0 Å². The van der Waals surface area contributed by atoms with Crippen LogP contribution in [0, 0.1) is 0 Å². The average Bonchev–Trinajstić information content (AvgIpc) is 2.94. The SMILES string of the molecule is C=CCNC(=NC)NCCc1c[nH]c2c(CC)cccc12.I. The second kappa shape index (κ2) is 9.50. The molecule has 120 valence electrons. The van der Waals surface area contributed by atoms with Gasteiger partial charge in [-0.25, -0.2) is 0 Å². The van der Waals surface area contributed by atoms with E-state index in [4.69, 9.17) is 0 Å².